The second-order valence-corrected chi connectivity index (χ2v) is 5.64. The zero-order valence-electron chi connectivity index (χ0n) is 13.3. The summed E-state index contributed by atoms with van der Waals surface area (Å²) in [7, 11) is 0. The zero-order valence-corrected chi connectivity index (χ0v) is 13.3. The van der Waals surface area contributed by atoms with Gasteiger partial charge in [0.05, 0.1) is 5.60 Å². The van der Waals surface area contributed by atoms with Gasteiger partial charge in [-0.3, -0.25) is 4.79 Å². The Kier molecular flexibility index (Phi) is 5.07. The Balaban J connectivity index is 2.09. The van der Waals surface area contributed by atoms with Crippen molar-refractivity contribution in [2.24, 2.45) is 0 Å². The predicted octanol–water partition coefficient (Wildman–Crippen LogP) is 1.49. The van der Waals surface area contributed by atoms with Crippen molar-refractivity contribution in [3.63, 3.8) is 0 Å². The second kappa shape index (κ2) is 6.83. The summed E-state index contributed by atoms with van der Waals surface area (Å²) in [4.78, 5) is 20.4. The monoisotopic (exact) mass is 305 g/mol. The summed E-state index contributed by atoms with van der Waals surface area (Å²) >= 11 is 0. The van der Waals surface area contributed by atoms with E-state index in [1.807, 2.05) is 20.8 Å². The fraction of sp³-hybridized carbons (Fsp3) is 0.600. The summed E-state index contributed by atoms with van der Waals surface area (Å²) in [6, 6.07) is 1.80. The average Bonchev–Trinajstić information content (AvgIpc) is 2.91. The van der Waals surface area contributed by atoms with E-state index in [0.29, 0.717) is 18.6 Å². The molecule has 2 aromatic rings. The van der Waals surface area contributed by atoms with Gasteiger partial charge in [-0.2, -0.15) is 4.98 Å². The first-order valence-corrected chi connectivity index (χ1v) is 7.68. The minimum Gasteiger partial charge on any atom is -0.388 e. The highest BCUT2D eigenvalue weighted by atomic mass is 16.3. The largest absolute Gasteiger partial charge is 0.388 e. The number of hydrogen-bond donors (Lipinski definition) is 2. The number of carbonyl (C=O) groups excluding carboxylic acids is 1. The lowest BCUT2D eigenvalue weighted by atomic mass is 9.92. The van der Waals surface area contributed by atoms with Crippen LogP contribution in [-0.2, 0) is 0 Å². The molecule has 0 aliphatic heterocycles. The Morgan fingerprint density at radius 3 is 2.64 bits per heavy atom. The molecule has 0 unspecified atom stereocenters. The highest BCUT2D eigenvalue weighted by molar-refractivity contribution is 5.90. The van der Waals surface area contributed by atoms with Crippen molar-refractivity contribution in [1.29, 1.82) is 0 Å². The van der Waals surface area contributed by atoms with E-state index in [2.05, 4.69) is 20.4 Å². The number of amides is 1. The van der Waals surface area contributed by atoms with E-state index in [0.717, 1.165) is 18.5 Å². The van der Waals surface area contributed by atoms with E-state index < -0.39 is 11.5 Å². The van der Waals surface area contributed by atoms with E-state index >= 15 is 0 Å². The van der Waals surface area contributed by atoms with Crippen LogP contribution in [-0.4, -0.2) is 42.7 Å². The van der Waals surface area contributed by atoms with Crippen molar-refractivity contribution in [3.05, 3.63) is 23.8 Å². The normalized spacial score (nSPS) is 11.8. The van der Waals surface area contributed by atoms with Gasteiger partial charge in [-0.1, -0.05) is 26.7 Å². The number of carbonyl (C=O) groups is 1. The number of aryl methyl sites for hydroxylation is 1. The van der Waals surface area contributed by atoms with Crippen LogP contribution in [0.3, 0.4) is 0 Å². The molecule has 0 fully saturated rings. The lowest BCUT2D eigenvalue weighted by Crippen LogP contribution is -2.43. The quantitative estimate of drug-likeness (QED) is 0.808. The number of fused-ring (bicyclic) bond motifs is 1. The molecule has 0 saturated heterocycles. The van der Waals surface area contributed by atoms with E-state index in [4.69, 9.17) is 0 Å². The molecule has 7 heteroatoms. The number of nitrogens with zero attached hydrogens (tertiary/aromatic N) is 4. The van der Waals surface area contributed by atoms with Crippen LogP contribution in [0.1, 0.15) is 55.8 Å². The van der Waals surface area contributed by atoms with Gasteiger partial charge in [0, 0.05) is 18.4 Å². The van der Waals surface area contributed by atoms with Crippen molar-refractivity contribution in [3.8, 4) is 0 Å². The molecule has 2 heterocycles. The van der Waals surface area contributed by atoms with Gasteiger partial charge in [0.1, 0.15) is 0 Å². The van der Waals surface area contributed by atoms with E-state index in [1.54, 1.807) is 12.3 Å². The van der Waals surface area contributed by atoms with Crippen LogP contribution in [0.15, 0.2) is 12.3 Å². The molecule has 0 aromatic carbocycles. The first kappa shape index (κ1) is 16.4. The molecule has 0 radical (unpaired) electrons. The summed E-state index contributed by atoms with van der Waals surface area (Å²) in [5.41, 5.74) is -0.0167. The molecular weight excluding hydrogens is 282 g/mol. The molecule has 120 valence electrons. The maximum atomic E-state index is 12.2. The van der Waals surface area contributed by atoms with Crippen molar-refractivity contribution < 1.29 is 9.90 Å². The molecule has 2 N–H and O–H groups in total. The molecule has 1 amide bonds. The number of aliphatic hydroxyl groups is 1. The topological polar surface area (TPSA) is 92.4 Å². The SMILES string of the molecule is CCCC(O)(CCC)CNC(=O)c1nc2nccc(C)n2n1. The number of hydrogen-bond acceptors (Lipinski definition) is 5. The lowest BCUT2D eigenvalue weighted by molar-refractivity contribution is 0.0212. The van der Waals surface area contributed by atoms with Crippen molar-refractivity contribution in [1.82, 2.24) is 24.9 Å². The summed E-state index contributed by atoms with van der Waals surface area (Å²) in [5, 5.41) is 17.4. The smallest absolute Gasteiger partial charge is 0.291 e. The highest BCUT2D eigenvalue weighted by Crippen LogP contribution is 2.18. The zero-order chi connectivity index (χ0) is 16.2. The third-order valence-corrected chi connectivity index (χ3v) is 3.64. The molecule has 2 rings (SSSR count). The Hall–Kier alpha value is -2.02. The van der Waals surface area contributed by atoms with Gasteiger partial charge in [0.15, 0.2) is 0 Å². The summed E-state index contributed by atoms with van der Waals surface area (Å²) in [6.45, 7) is 6.10. The Labute approximate surface area is 129 Å². The van der Waals surface area contributed by atoms with Crippen molar-refractivity contribution in [2.75, 3.05) is 6.54 Å². The molecule has 22 heavy (non-hydrogen) atoms. The van der Waals surface area contributed by atoms with Crippen LogP contribution in [0.5, 0.6) is 0 Å². The Bertz CT molecular complexity index is 646. The molecule has 0 aliphatic carbocycles. The predicted molar refractivity (Wildman–Crippen MR) is 82.6 cm³/mol. The van der Waals surface area contributed by atoms with Gasteiger partial charge in [-0.15, -0.1) is 5.10 Å². The highest BCUT2D eigenvalue weighted by Gasteiger charge is 2.26. The van der Waals surface area contributed by atoms with Crippen molar-refractivity contribution >= 4 is 11.7 Å². The number of rotatable bonds is 7. The fourth-order valence-electron chi connectivity index (χ4n) is 2.56. The molecule has 0 spiro atoms. The van der Waals surface area contributed by atoms with Crippen LogP contribution in [0.25, 0.3) is 5.78 Å². The van der Waals surface area contributed by atoms with E-state index in [-0.39, 0.29) is 12.4 Å². The first-order valence-electron chi connectivity index (χ1n) is 7.68. The van der Waals surface area contributed by atoms with Crippen LogP contribution >= 0.6 is 0 Å². The van der Waals surface area contributed by atoms with E-state index in [9.17, 15) is 9.90 Å². The molecule has 7 nitrogen and oxygen atoms in total. The number of nitrogens with one attached hydrogen (secondary N) is 1. The molecule has 2 aromatic heterocycles. The molecule has 0 bridgehead atoms. The minimum absolute atomic E-state index is 0.0668. The second-order valence-electron chi connectivity index (χ2n) is 5.64. The summed E-state index contributed by atoms with van der Waals surface area (Å²) in [6.07, 6.45) is 4.66. The minimum atomic E-state index is -0.869. The molecule has 0 aliphatic rings. The van der Waals surface area contributed by atoms with Crippen LogP contribution in [0.2, 0.25) is 0 Å². The van der Waals surface area contributed by atoms with Gasteiger partial charge in [-0.25, -0.2) is 9.50 Å². The van der Waals surface area contributed by atoms with Gasteiger partial charge >= 0.3 is 0 Å². The van der Waals surface area contributed by atoms with Gasteiger partial charge in [0.2, 0.25) is 5.82 Å². The fourth-order valence-corrected chi connectivity index (χ4v) is 2.56. The summed E-state index contributed by atoms with van der Waals surface area (Å²) in [5.74, 6) is 0.0650. The van der Waals surface area contributed by atoms with E-state index in [1.165, 1.54) is 4.52 Å². The van der Waals surface area contributed by atoms with Gasteiger partial charge < -0.3 is 10.4 Å². The lowest BCUT2D eigenvalue weighted by Gasteiger charge is -2.27. The van der Waals surface area contributed by atoms with Crippen LogP contribution in [0.4, 0.5) is 0 Å². The molecule has 0 saturated carbocycles. The van der Waals surface area contributed by atoms with Crippen LogP contribution in [0, 0.1) is 6.92 Å². The third-order valence-electron chi connectivity index (χ3n) is 3.64. The Morgan fingerprint density at radius 2 is 2.05 bits per heavy atom. The average molecular weight is 305 g/mol. The third kappa shape index (κ3) is 3.59. The van der Waals surface area contributed by atoms with Gasteiger partial charge in [0.25, 0.3) is 11.7 Å². The van der Waals surface area contributed by atoms with Gasteiger partial charge in [-0.05, 0) is 25.8 Å². The Morgan fingerprint density at radius 1 is 1.36 bits per heavy atom. The first-order chi connectivity index (χ1) is 10.5. The molecular formula is C15H23N5O2. The maximum Gasteiger partial charge on any atom is 0.291 e. The maximum absolute atomic E-state index is 12.2. The van der Waals surface area contributed by atoms with Crippen LogP contribution < -0.4 is 5.32 Å². The van der Waals surface area contributed by atoms with Crippen molar-refractivity contribution in [2.45, 2.75) is 52.1 Å². The standard InChI is InChI=1S/C15H23N5O2/c1-4-7-15(22,8-5-2)10-17-13(21)12-18-14-16-9-6-11(3)20(14)19-12/h6,9,22H,4-5,7-8,10H2,1-3H3,(H,17,21). The number of aromatic nitrogens is 4. The summed E-state index contributed by atoms with van der Waals surface area (Å²) < 4.78 is 1.53. The molecule has 0 atom stereocenters.